The van der Waals surface area contributed by atoms with Crippen molar-refractivity contribution in [2.75, 3.05) is 5.73 Å². The molecule has 4 heterocycles. The van der Waals surface area contributed by atoms with E-state index < -0.39 is 0 Å². The molecule has 1 aliphatic rings. The molecule has 1 aliphatic carbocycles. The molecule has 0 aromatic carbocycles. The lowest BCUT2D eigenvalue weighted by Gasteiger charge is -2.19. The average Bonchev–Trinajstić information content (AvgIpc) is 3.32. The van der Waals surface area contributed by atoms with Crippen LogP contribution < -0.4 is 5.73 Å². The fraction of sp³-hybridized carbons (Fsp3) is 0.500. The summed E-state index contributed by atoms with van der Waals surface area (Å²) < 4.78 is 7.77. The van der Waals surface area contributed by atoms with Crippen molar-refractivity contribution in [2.24, 2.45) is 0 Å². The Bertz CT molecular complexity index is 1350. The van der Waals surface area contributed by atoms with Crippen LogP contribution in [0.3, 0.4) is 0 Å². The topological polar surface area (TPSA) is 121 Å². The number of aromatic nitrogens is 7. The fourth-order valence-corrected chi connectivity index (χ4v) is 4.59. The van der Waals surface area contributed by atoms with E-state index >= 15 is 0 Å². The van der Waals surface area contributed by atoms with Gasteiger partial charge in [0, 0.05) is 17.3 Å². The van der Waals surface area contributed by atoms with E-state index in [1.54, 1.807) is 0 Å². The van der Waals surface area contributed by atoms with Gasteiger partial charge < -0.3 is 10.3 Å². The molecule has 4 aromatic rings. The first-order valence-corrected chi connectivity index (χ1v) is 11.4. The van der Waals surface area contributed by atoms with Crippen molar-refractivity contribution in [3.8, 4) is 22.8 Å². The van der Waals surface area contributed by atoms with Crippen molar-refractivity contribution >= 4 is 16.9 Å². The molecule has 9 heteroatoms. The van der Waals surface area contributed by atoms with E-state index in [0.717, 1.165) is 35.6 Å². The molecule has 33 heavy (non-hydrogen) atoms. The van der Waals surface area contributed by atoms with Gasteiger partial charge in [0.25, 0.3) is 0 Å². The number of rotatable bonds is 4. The molecule has 1 fully saturated rings. The zero-order chi connectivity index (χ0) is 23.7. The highest BCUT2D eigenvalue weighted by Crippen LogP contribution is 2.48. The smallest absolute Gasteiger partial charge is 0.165 e. The summed E-state index contributed by atoms with van der Waals surface area (Å²) in [5, 5.41) is 10.1. The minimum absolute atomic E-state index is 0.316. The maximum Gasteiger partial charge on any atom is 0.165 e. The largest absolute Gasteiger partial charge is 0.383 e. The van der Waals surface area contributed by atoms with Gasteiger partial charge >= 0.3 is 0 Å². The monoisotopic (exact) mass is 446 g/mol. The van der Waals surface area contributed by atoms with Crippen LogP contribution in [0.2, 0.25) is 0 Å². The Morgan fingerprint density at radius 3 is 2.30 bits per heavy atom. The summed E-state index contributed by atoms with van der Waals surface area (Å²) in [4.78, 5) is 18.5. The number of aryl methyl sites for hydroxylation is 2. The van der Waals surface area contributed by atoms with Crippen LogP contribution in [0.1, 0.15) is 82.0 Å². The zero-order valence-corrected chi connectivity index (χ0v) is 20.3. The molecule has 0 unspecified atom stereocenters. The minimum atomic E-state index is -0.316. The van der Waals surface area contributed by atoms with Gasteiger partial charge in [0.15, 0.2) is 17.2 Å². The predicted octanol–water partition coefficient (Wildman–Crippen LogP) is 4.89. The van der Waals surface area contributed by atoms with Crippen LogP contribution in [0, 0.1) is 13.8 Å². The standard InChI is InChI=1S/C24H30N8O/c1-11(2)15-12(3)28-22(29-13(15)4)16-19(31-33-20(16)14-8-9-14)18-17-21(25)26-10-27-23(17)32(30-18)24(5,6)7/h10-11,14H,8-9H2,1-7H3,(H2,25,26,27). The van der Waals surface area contributed by atoms with E-state index in [9.17, 15) is 0 Å². The number of hydrogen-bond donors (Lipinski definition) is 1. The summed E-state index contributed by atoms with van der Waals surface area (Å²) in [6.45, 7) is 14.6. The van der Waals surface area contributed by atoms with Gasteiger partial charge in [-0.1, -0.05) is 19.0 Å². The van der Waals surface area contributed by atoms with Crippen molar-refractivity contribution in [1.82, 2.24) is 34.9 Å². The second-order valence-corrected chi connectivity index (χ2v) is 10.2. The lowest BCUT2D eigenvalue weighted by atomic mass is 9.99. The number of hydrogen-bond acceptors (Lipinski definition) is 8. The van der Waals surface area contributed by atoms with E-state index in [-0.39, 0.29) is 5.54 Å². The van der Waals surface area contributed by atoms with Crippen molar-refractivity contribution < 1.29 is 4.52 Å². The molecular weight excluding hydrogens is 416 g/mol. The van der Waals surface area contributed by atoms with Crippen molar-refractivity contribution in [3.05, 3.63) is 29.0 Å². The molecular formula is C24H30N8O. The fourth-order valence-electron chi connectivity index (χ4n) is 4.59. The third kappa shape index (κ3) is 3.46. The highest BCUT2D eigenvalue weighted by Gasteiger charge is 2.36. The van der Waals surface area contributed by atoms with Gasteiger partial charge in [-0.2, -0.15) is 5.10 Å². The van der Waals surface area contributed by atoms with Gasteiger partial charge in [-0.3, -0.25) is 0 Å². The third-order valence-electron chi connectivity index (χ3n) is 6.15. The van der Waals surface area contributed by atoms with Crippen LogP contribution in [0.5, 0.6) is 0 Å². The summed E-state index contributed by atoms with van der Waals surface area (Å²) in [6, 6.07) is 0. The molecule has 0 saturated heterocycles. The van der Waals surface area contributed by atoms with E-state index in [2.05, 4.69) is 49.7 Å². The first kappa shape index (κ1) is 21.5. The maximum atomic E-state index is 6.33. The number of fused-ring (bicyclic) bond motifs is 1. The highest BCUT2D eigenvalue weighted by atomic mass is 16.5. The summed E-state index contributed by atoms with van der Waals surface area (Å²) in [6.07, 6.45) is 3.59. The zero-order valence-electron chi connectivity index (χ0n) is 20.3. The van der Waals surface area contributed by atoms with Crippen LogP contribution in [0.15, 0.2) is 10.9 Å². The van der Waals surface area contributed by atoms with Gasteiger partial charge in [-0.15, -0.1) is 0 Å². The van der Waals surface area contributed by atoms with E-state index in [4.69, 9.17) is 25.3 Å². The SMILES string of the molecule is Cc1nc(-c2c(-c3nn(C(C)(C)C)c4ncnc(N)c34)noc2C2CC2)nc(C)c1C(C)C. The number of nitrogen functional groups attached to an aromatic ring is 1. The van der Waals surface area contributed by atoms with Gasteiger partial charge in [0.1, 0.15) is 23.5 Å². The lowest BCUT2D eigenvalue weighted by Crippen LogP contribution is -2.23. The summed E-state index contributed by atoms with van der Waals surface area (Å²) >= 11 is 0. The van der Waals surface area contributed by atoms with E-state index in [1.807, 2.05) is 18.5 Å². The Morgan fingerprint density at radius 2 is 1.73 bits per heavy atom. The number of nitrogens with zero attached hydrogens (tertiary/aromatic N) is 7. The Labute approximate surface area is 192 Å². The first-order chi connectivity index (χ1) is 15.6. The highest BCUT2D eigenvalue weighted by molar-refractivity contribution is 6.00. The lowest BCUT2D eigenvalue weighted by molar-refractivity contribution is 0.365. The molecule has 2 N–H and O–H groups in total. The Kier molecular flexibility index (Phi) is 4.77. The Balaban J connectivity index is 1.81. The molecule has 1 saturated carbocycles. The summed E-state index contributed by atoms with van der Waals surface area (Å²) in [5.41, 5.74) is 11.7. The number of nitrogens with two attached hydrogens (primary N) is 1. The molecule has 0 amide bonds. The minimum Gasteiger partial charge on any atom is -0.383 e. The van der Waals surface area contributed by atoms with Gasteiger partial charge in [-0.05, 0) is 58.9 Å². The predicted molar refractivity (Wildman–Crippen MR) is 127 cm³/mol. The maximum absolute atomic E-state index is 6.33. The average molecular weight is 447 g/mol. The molecule has 0 radical (unpaired) electrons. The number of anilines is 1. The second-order valence-electron chi connectivity index (χ2n) is 10.2. The van der Waals surface area contributed by atoms with Crippen LogP contribution in [0.25, 0.3) is 33.8 Å². The van der Waals surface area contributed by atoms with Gasteiger partial charge in [0.2, 0.25) is 0 Å². The summed E-state index contributed by atoms with van der Waals surface area (Å²) in [5.74, 6) is 2.44. The van der Waals surface area contributed by atoms with E-state index in [0.29, 0.717) is 45.9 Å². The van der Waals surface area contributed by atoms with Crippen molar-refractivity contribution in [2.45, 2.75) is 78.7 Å². The van der Waals surface area contributed by atoms with Gasteiger partial charge in [0.05, 0.1) is 16.5 Å². The van der Waals surface area contributed by atoms with Crippen molar-refractivity contribution in [3.63, 3.8) is 0 Å². The van der Waals surface area contributed by atoms with Crippen LogP contribution in [-0.4, -0.2) is 34.9 Å². The van der Waals surface area contributed by atoms with Crippen molar-refractivity contribution in [1.29, 1.82) is 0 Å². The van der Waals surface area contributed by atoms with Gasteiger partial charge in [-0.25, -0.2) is 24.6 Å². The molecule has 0 aliphatic heterocycles. The molecule has 9 nitrogen and oxygen atoms in total. The molecule has 4 aromatic heterocycles. The molecule has 5 rings (SSSR count). The molecule has 0 spiro atoms. The molecule has 0 atom stereocenters. The summed E-state index contributed by atoms with van der Waals surface area (Å²) in [7, 11) is 0. The van der Waals surface area contributed by atoms with E-state index in [1.165, 1.54) is 11.9 Å². The quantitative estimate of drug-likeness (QED) is 0.470. The van der Waals surface area contributed by atoms with Crippen LogP contribution in [-0.2, 0) is 5.54 Å². The normalized spacial score (nSPS) is 14.5. The molecule has 0 bridgehead atoms. The third-order valence-corrected chi connectivity index (χ3v) is 6.15. The molecule has 172 valence electrons. The van der Waals surface area contributed by atoms with Crippen LogP contribution in [0.4, 0.5) is 5.82 Å². The Morgan fingerprint density at radius 1 is 1.06 bits per heavy atom. The van der Waals surface area contributed by atoms with Crippen LogP contribution >= 0.6 is 0 Å². The Hall–Kier alpha value is -3.36. The second kappa shape index (κ2) is 7.33. The first-order valence-electron chi connectivity index (χ1n) is 11.4.